The maximum Gasteiger partial charge on any atom is 0.261 e. The molecule has 0 saturated carbocycles. The first kappa shape index (κ1) is 18.4. The minimum absolute atomic E-state index is 0.123. The number of H-pyrrole nitrogens is 1. The van der Waals surface area contributed by atoms with E-state index < -0.39 is 5.91 Å². The Morgan fingerprint density at radius 1 is 1.39 bits per heavy atom. The van der Waals surface area contributed by atoms with E-state index in [1.807, 2.05) is 0 Å². The van der Waals surface area contributed by atoms with Crippen molar-refractivity contribution in [2.45, 2.75) is 39.7 Å². The van der Waals surface area contributed by atoms with E-state index in [2.05, 4.69) is 29.1 Å². The number of rotatable bonds is 4. The minimum atomic E-state index is -0.432. The molecule has 28 heavy (non-hydrogen) atoms. The molecule has 146 valence electrons. The summed E-state index contributed by atoms with van der Waals surface area (Å²) in [6.45, 7) is 4.57. The summed E-state index contributed by atoms with van der Waals surface area (Å²) in [7, 11) is 0. The lowest BCUT2D eigenvalue weighted by Gasteiger charge is -2.27. The monoisotopic (exact) mass is 382 g/mol. The van der Waals surface area contributed by atoms with Crippen LogP contribution in [0.5, 0.6) is 0 Å². The highest BCUT2D eigenvalue weighted by Gasteiger charge is 2.24. The summed E-state index contributed by atoms with van der Waals surface area (Å²) in [5.74, 6) is 0.338. The normalized spacial score (nSPS) is 16.4. The maximum absolute atomic E-state index is 13.3. The molecule has 0 fully saturated rings. The Morgan fingerprint density at radius 3 is 3.00 bits per heavy atom. The zero-order chi connectivity index (χ0) is 19.8. The molecule has 0 spiro atoms. The van der Waals surface area contributed by atoms with Crippen LogP contribution in [0.15, 0.2) is 35.4 Å². The van der Waals surface area contributed by atoms with E-state index in [9.17, 15) is 14.0 Å². The van der Waals surface area contributed by atoms with E-state index in [4.69, 9.17) is 0 Å². The largest absolute Gasteiger partial charge is 0.346 e. The molecule has 0 aromatic carbocycles. The summed E-state index contributed by atoms with van der Waals surface area (Å²) in [5, 5.41) is 2.74. The zero-order valence-electron chi connectivity index (χ0n) is 16.0. The van der Waals surface area contributed by atoms with Crippen LogP contribution in [0.3, 0.4) is 0 Å². The highest BCUT2D eigenvalue weighted by Crippen LogP contribution is 2.28. The van der Waals surface area contributed by atoms with Crippen LogP contribution in [-0.4, -0.2) is 20.3 Å². The van der Waals surface area contributed by atoms with Crippen molar-refractivity contribution >= 4 is 11.6 Å². The molecule has 2 N–H and O–H groups in total. The van der Waals surface area contributed by atoms with Crippen molar-refractivity contribution in [3.63, 3.8) is 0 Å². The Kier molecular flexibility index (Phi) is 4.75. The van der Waals surface area contributed by atoms with Crippen molar-refractivity contribution in [3.8, 4) is 0 Å². The summed E-state index contributed by atoms with van der Waals surface area (Å²) < 4.78 is 14.8. The molecule has 7 heteroatoms. The lowest BCUT2D eigenvalue weighted by Crippen LogP contribution is -2.32. The van der Waals surface area contributed by atoms with E-state index in [0.717, 1.165) is 30.5 Å². The second-order valence-electron chi connectivity index (χ2n) is 7.79. The third kappa shape index (κ3) is 3.56. The number of imidazole rings is 1. The molecule has 3 aromatic heterocycles. The van der Waals surface area contributed by atoms with E-state index in [0.29, 0.717) is 23.2 Å². The topological polar surface area (TPSA) is 79.3 Å². The Hall–Kier alpha value is -2.96. The molecule has 3 aromatic rings. The second kappa shape index (κ2) is 7.22. The van der Waals surface area contributed by atoms with Crippen LogP contribution >= 0.6 is 0 Å². The number of nitrogens with one attached hydrogen (secondary N) is 2. The molecule has 0 saturated heterocycles. The average molecular weight is 382 g/mol. The van der Waals surface area contributed by atoms with Gasteiger partial charge in [-0.05, 0) is 54.9 Å². The number of amides is 1. The molecule has 0 bridgehead atoms. The van der Waals surface area contributed by atoms with Gasteiger partial charge >= 0.3 is 0 Å². The molecule has 0 radical (unpaired) electrons. The number of carbonyl (C=O) groups is 1. The summed E-state index contributed by atoms with van der Waals surface area (Å²) in [6, 6.07) is 4.64. The van der Waals surface area contributed by atoms with Gasteiger partial charge in [-0.3, -0.25) is 9.59 Å². The lowest BCUT2D eigenvalue weighted by molar-refractivity contribution is 0.0948. The first-order valence-corrected chi connectivity index (χ1v) is 9.57. The fourth-order valence-corrected chi connectivity index (χ4v) is 3.84. The van der Waals surface area contributed by atoms with Crippen LogP contribution in [-0.2, 0) is 19.4 Å². The van der Waals surface area contributed by atoms with Crippen LogP contribution in [0.1, 0.15) is 47.6 Å². The van der Waals surface area contributed by atoms with Gasteiger partial charge in [0, 0.05) is 18.1 Å². The molecule has 1 aliphatic carbocycles. The smallest absolute Gasteiger partial charge is 0.261 e. The zero-order valence-corrected chi connectivity index (χ0v) is 16.0. The molecular weight excluding hydrogens is 359 g/mol. The van der Waals surface area contributed by atoms with Crippen molar-refractivity contribution < 1.29 is 9.18 Å². The SMILES string of the molecule is CC(C)C1CCc2[nH]c(=O)c(C(=O)NCc3cn4cc(F)ccc4n3)cc2C1. The van der Waals surface area contributed by atoms with Crippen molar-refractivity contribution in [3.05, 3.63) is 69.3 Å². The number of carbonyl (C=O) groups excluding carboxylic acids is 1. The molecular formula is C21H23FN4O2. The minimum Gasteiger partial charge on any atom is -0.346 e. The fraction of sp³-hybridized carbons (Fsp3) is 0.381. The Balaban J connectivity index is 1.51. The molecule has 1 unspecified atom stereocenters. The molecule has 1 amide bonds. The third-order valence-corrected chi connectivity index (χ3v) is 5.54. The van der Waals surface area contributed by atoms with E-state index >= 15 is 0 Å². The van der Waals surface area contributed by atoms with E-state index in [1.54, 1.807) is 22.7 Å². The van der Waals surface area contributed by atoms with Crippen LogP contribution in [0, 0.1) is 17.7 Å². The van der Waals surface area contributed by atoms with Gasteiger partial charge in [-0.25, -0.2) is 9.37 Å². The average Bonchev–Trinajstić information content (AvgIpc) is 3.07. The first-order valence-electron chi connectivity index (χ1n) is 9.57. The third-order valence-electron chi connectivity index (χ3n) is 5.54. The standard InChI is InChI=1S/C21H23FN4O2/c1-12(2)13-3-5-18-14(7-13)8-17(21(28)25-18)20(27)23-9-16-11-26-10-15(22)4-6-19(26)24-16/h4,6,8,10-13H,3,5,7,9H2,1-2H3,(H,23,27)(H,25,28). The first-order chi connectivity index (χ1) is 13.4. The van der Waals surface area contributed by atoms with Crippen LogP contribution in [0.4, 0.5) is 4.39 Å². The Morgan fingerprint density at radius 2 is 2.21 bits per heavy atom. The summed E-state index contributed by atoms with van der Waals surface area (Å²) >= 11 is 0. The van der Waals surface area contributed by atoms with E-state index in [1.165, 1.54) is 12.3 Å². The number of fused-ring (bicyclic) bond motifs is 2. The van der Waals surface area contributed by atoms with Crippen molar-refractivity contribution in [1.29, 1.82) is 0 Å². The van der Waals surface area contributed by atoms with Crippen LogP contribution < -0.4 is 10.9 Å². The van der Waals surface area contributed by atoms with Gasteiger partial charge in [-0.1, -0.05) is 13.8 Å². The molecule has 3 heterocycles. The number of hydrogen-bond donors (Lipinski definition) is 2. The van der Waals surface area contributed by atoms with Gasteiger partial charge in [0.1, 0.15) is 17.0 Å². The molecule has 4 rings (SSSR count). The molecule has 0 aliphatic heterocycles. The Labute approximate surface area is 161 Å². The number of pyridine rings is 2. The molecule has 6 nitrogen and oxygen atoms in total. The number of halogens is 1. The van der Waals surface area contributed by atoms with Gasteiger partial charge in [0.15, 0.2) is 0 Å². The summed E-state index contributed by atoms with van der Waals surface area (Å²) in [6.07, 6.45) is 5.76. The summed E-state index contributed by atoms with van der Waals surface area (Å²) in [4.78, 5) is 32.2. The highest BCUT2D eigenvalue weighted by molar-refractivity contribution is 5.94. The summed E-state index contributed by atoms with van der Waals surface area (Å²) in [5.41, 5.74) is 2.94. The van der Waals surface area contributed by atoms with Crippen molar-refractivity contribution in [2.24, 2.45) is 11.8 Å². The number of hydrogen-bond acceptors (Lipinski definition) is 3. The number of aryl methyl sites for hydroxylation is 1. The molecule has 1 aliphatic rings. The highest BCUT2D eigenvalue weighted by atomic mass is 19.1. The fourth-order valence-electron chi connectivity index (χ4n) is 3.84. The predicted octanol–water partition coefficient (Wildman–Crippen LogP) is 2.85. The number of aromatic amines is 1. The predicted molar refractivity (Wildman–Crippen MR) is 104 cm³/mol. The second-order valence-corrected chi connectivity index (χ2v) is 7.79. The van der Waals surface area contributed by atoms with Crippen molar-refractivity contribution in [2.75, 3.05) is 0 Å². The van der Waals surface area contributed by atoms with Gasteiger partial charge in [0.25, 0.3) is 11.5 Å². The van der Waals surface area contributed by atoms with Crippen LogP contribution in [0.25, 0.3) is 5.65 Å². The number of nitrogens with zero attached hydrogens (tertiary/aromatic N) is 2. The van der Waals surface area contributed by atoms with Gasteiger partial charge in [0.2, 0.25) is 0 Å². The van der Waals surface area contributed by atoms with Gasteiger partial charge < -0.3 is 14.7 Å². The quantitative estimate of drug-likeness (QED) is 0.728. The van der Waals surface area contributed by atoms with Gasteiger partial charge in [-0.2, -0.15) is 0 Å². The van der Waals surface area contributed by atoms with Crippen molar-refractivity contribution in [1.82, 2.24) is 19.7 Å². The number of aromatic nitrogens is 3. The van der Waals surface area contributed by atoms with Gasteiger partial charge in [-0.15, -0.1) is 0 Å². The van der Waals surface area contributed by atoms with Crippen LogP contribution in [0.2, 0.25) is 0 Å². The van der Waals surface area contributed by atoms with Gasteiger partial charge in [0.05, 0.1) is 12.2 Å². The lowest BCUT2D eigenvalue weighted by atomic mass is 9.80. The molecule has 1 atom stereocenters. The van der Waals surface area contributed by atoms with E-state index in [-0.39, 0.29) is 23.5 Å². The maximum atomic E-state index is 13.3. The Bertz CT molecular complexity index is 1100.